The summed E-state index contributed by atoms with van der Waals surface area (Å²) in [6.45, 7) is 5.56. The maximum atomic E-state index is 11.9. The van der Waals surface area contributed by atoms with Crippen LogP contribution in [0.5, 0.6) is 0 Å². The summed E-state index contributed by atoms with van der Waals surface area (Å²) in [6, 6.07) is 0. The van der Waals surface area contributed by atoms with Crippen LogP contribution in [0.4, 0.5) is 13.2 Å². The fraction of sp³-hybridized carbons (Fsp3) is 1.00. The quantitative estimate of drug-likeness (QED) is 0.695. The predicted molar refractivity (Wildman–Crippen MR) is 67.1 cm³/mol. The van der Waals surface area contributed by atoms with E-state index in [1.807, 2.05) is 13.8 Å². The highest BCUT2D eigenvalue weighted by Crippen LogP contribution is 2.38. The minimum Gasteiger partial charge on any atom is -0.378 e. The van der Waals surface area contributed by atoms with Gasteiger partial charge < -0.3 is 14.8 Å². The fourth-order valence-corrected chi connectivity index (χ4v) is 2.56. The van der Waals surface area contributed by atoms with E-state index in [1.54, 1.807) is 0 Å². The summed E-state index contributed by atoms with van der Waals surface area (Å²) in [5, 5.41) is 3.33. The van der Waals surface area contributed by atoms with Gasteiger partial charge in [-0.3, -0.25) is 0 Å². The molecule has 1 rings (SSSR count). The predicted octanol–water partition coefficient (Wildman–Crippen LogP) is 2.75. The van der Waals surface area contributed by atoms with Crippen LogP contribution in [0.3, 0.4) is 0 Å². The molecule has 0 amide bonds. The van der Waals surface area contributed by atoms with E-state index in [-0.39, 0.29) is 18.1 Å². The van der Waals surface area contributed by atoms with Crippen LogP contribution < -0.4 is 5.32 Å². The Balaban J connectivity index is 2.30. The van der Waals surface area contributed by atoms with E-state index in [0.29, 0.717) is 6.42 Å². The van der Waals surface area contributed by atoms with E-state index < -0.39 is 12.8 Å². The number of nitrogens with one attached hydrogen (secondary N) is 1. The minimum atomic E-state index is -4.23. The zero-order chi connectivity index (χ0) is 14.4. The van der Waals surface area contributed by atoms with Crippen LogP contribution in [-0.4, -0.2) is 45.2 Å². The van der Waals surface area contributed by atoms with E-state index in [9.17, 15) is 13.2 Å². The van der Waals surface area contributed by atoms with Crippen LogP contribution in [0.15, 0.2) is 0 Å². The monoisotopic (exact) mass is 283 g/mol. The summed E-state index contributed by atoms with van der Waals surface area (Å²) in [7, 11) is 0. The number of rotatable bonds is 8. The number of hydrogen-bond donors (Lipinski definition) is 1. The van der Waals surface area contributed by atoms with Crippen molar-refractivity contribution in [3.05, 3.63) is 0 Å². The summed E-state index contributed by atoms with van der Waals surface area (Å²) < 4.78 is 46.1. The van der Waals surface area contributed by atoms with Gasteiger partial charge in [0.15, 0.2) is 0 Å². The smallest absolute Gasteiger partial charge is 0.378 e. The molecule has 0 aliphatic carbocycles. The lowest BCUT2D eigenvalue weighted by molar-refractivity contribution is -0.174. The van der Waals surface area contributed by atoms with Crippen molar-refractivity contribution in [3.63, 3.8) is 0 Å². The third kappa shape index (κ3) is 5.67. The van der Waals surface area contributed by atoms with Crippen molar-refractivity contribution in [2.45, 2.75) is 45.4 Å². The highest BCUT2D eigenvalue weighted by molar-refractivity contribution is 4.91. The molecule has 1 aliphatic rings. The number of hydrogen-bond acceptors (Lipinski definition) is 3. The van der Waals surface area contributed by atoms with Crippen LogP contribution in [-0.2, 0) is 9.47 Å². The molecule has 2 unspecified atom stereocenters. The van der Waals surface area contributed by atoms with Crippen molar-refractivity contribution >= 4 is 0 Å². The van der Waals surface area contributed by atoms with Crippen molar-refractivity contribution < 1.29 is 22.6 Å². The molecule has 0 aromatic heterocycles. The SMILES string of the molecule is CCNCC1(CCCOCC(F)(F)F)CCOC1C. The Labute approximate surface area is 112 Å². The van der Waals surface area contributed by atoms with Gasteiger partial charge >= 0.3 is 6.18 Å². The Morgan fingerprint density at radius 2 is 2.16 bits per heavy atom. The first kappa shape index (κ1) is 16.7. The van der Waals surface area contributed by atoms with Gasteiger partial charge in [0.25, 0.3) is 0 Å². The molecule has 3 nitrogen and oxygen atoms in total. The van der Waals surface area contributed by atoms with E-state index in [0.717, 1.165) is 32.5 Å². The molecule has 0 aromatic carbocycles. The van der Waals surface area contributed by atoms with Gasteiger partial charge in [0, 0.05) is 25.2 Å². The lowest BCUT2D eigenvalue weighted by Gasteiger charge is -2.32. The number of alkyl halides is 3. The zero-order valence-electron chi connectivity index (χ0n) is 11.7. The molecule has 2 atom stereocenters. The molecule has 0 aromatic rings. The van der Waals surface area contributed by atoms with Crippen LogP contribution in [0, 0.1) is 5.41 Å². The normalized spacial score (nSPS) is 27.9. The highest BCUT2D eigenvalue weighted by Gasteiger charge is 2.40. The van der Waals surface area contributed by atoms with Crippen LogP contribution >= 0.6 is 0 Å². The molecule has 1 aliphatic heterocycles. The third-order valence-corrected chi connectivity index (χ3v) is 3.79. The summed E-state index contributed by atoms with van der Waals surface area (Å²) in [5.41, 5.74) is 0.0393. The molecule has 0 bridgehead atoms. The molecule has 0 spiro atoms. The van der Waals surface area contributed by atoms with Gasteiger partial charge in [0.2, 0.25) is 0 Å². The molecule has 1 heterocycles. The number of ether oxygens (including phenoxy) is 2. The molecule has 1 fully saturated rings. The Bertz CT molecular complexity index is 261. The largest absolute Gasteiger partial charge is 0.411 e. The summed E-state index contributed by atoms with van der Waals surface area (Å²) in [5.74, 6) is 0. The molecule has 1 N–H and O–H groups in total. The van der Waals surface area contributed by atoms with Gasteiger partial charge in [0.1, 0.15) is 6.61 Å². The van der Waals surface area contributed by atoms with Crippen molar-refractivity contribution in [2.75, 3.05) is 32.9 Å². The van der Waals surface area contributed by atoms with Crippen molar-refractivity contribution in [2.24, 2.45) is 5.41 Å². The van der Waals surface area contributed by atoms with Gasteiger partial charge in [-0.05, 0) is 32.7 Å². The first-order valence-electron chi connectivity index (χ1n) is 6.86. The first-order chi connectivity index (χ1) is 8.90. The van der Waals surface area contributed by atoms with Gasteiger partial charge in [-0.15, -0.1) is 0 Å². The lowest BCUT2D eigenvalue weighted by Crippen LogP contribution is -2.39. The lowest BCUT2D eigenvalue weighted by atomic mass is 9.77. The van der Waals surface area contributed by atoms with E-state index in [4.69, 9.17) is 4.74 Å². The Morgan fingerprint density at radius 3 is 2.68 bits per heavy atom. The Morgan fingerprint density at radius 1 is 1.42 bits per heavy atom. The average molecular weight is 283 g/mol. The second-order valence-corrected chi connectivity index (χ2v) is 5.18. The second kappa shape index (κ2) is 7.45. The van der Waals surface area contributed by atoms with Gasteiger partial charge in [-0.2, -0.15) is 13.2 Å². The topological polar surface area (TPSA) is 30.5 Å². The molecule has 114 valence electrons. The number of halogens is 3. The van der Waals surface area contributed by atoms with Crippen molar-refractivity contribution in [1.82, 2.24) is 5.32 Å². The van der Waals surface area contributed by atoms with Gasteiger partial charge in [-0.1, -0.05) is 6.92 Å². The summed E-state index contributed by atoms with van der Waals surface area (Å²) >= 11 is 0. The van der Waals surface area contributed by atoms with E-state index in [2.05, 4.69) is 10.1 Å². The molecular formula is C13H24F3NO2. The van der Waals surface area contributed by atoms with E-state index >= 15 is 0 Å². The van der Waals surface area contributed by atoms with Gasteiger partial charge in [-0.25, -0.2) is 0 Å². The molecule has 0 saturated carbocycles. The molecular weight excluding hydrogens is 259 g/mol. The minimum absolute atomic E-state index is 0.0393. The van der Waals surface area contributed by atoms with Crippen molar-refractivity contribution in [3.8, 4) is 0 Å². The van der Waals surface area contributed by atoms with Crippen LogP contribution in [0.1, 0.15) is 33.1 Å². The maximum Gasteiger partial charge on any atom is 0.411 e. The molecule has 6 heteroatoms. The molecule has 0 radical (unpaired) electrons. The van der Waals surface area contributed by atoms with E-state index in [1.165, 1.54) is 0 Å². The van der Waals surface area contributed by atoms with Crippen LogP contribution in [0.25, 0.3) is 0 Å². The molecule has 1 saturated heterocycles. The standard InChI is InChI=1S/C13H24F3NO2/c1-3-17-9-12(6-8-19-11(12)2)5-4-7-18-10-13(14,15)16/h11,17H,3-10H2,1-2H3. The first-order valence-corrected chi connectivity index (χ1v) is 6.86. The molecule has 19 heavy (non-hydrogen) atoms. The summed E-state index contributed by atoms with van der Waals surface area (Å²) in [6.07, 6.45) is -1.66. The zero-order valence-corrected chi connectivity index (χ0v) is 11.7. The maximum absolute atomic E-state index is 11.9. The fourth-order valence-electron chi connectivity index (χ4n) is 2.56. The third-order valence-electron chi connectivity index (χ3n) is 3.79. The summed E-state index contributed by atoms with van der Waals surface area (Å²) in [4.78, 5) is 0. The second-order valence-electron chi connectivity index (χ2n) is 5.18. The Kier molecular flexibility index (Phi) is 6.56. The van der Waals surface area contributed by atoms with Gasteiger partial charge in [0.05, 0.1) is 6.10 Å². The highest BCUT2D eigenvalue weighted by atomic mass is 19.4. The Hall–Kier alpha value is -0.330. The van der Waals surface area contributed by atoms with Crippen LogP contribution in [0.2, 0.25) is 0 Å². The van der Waals surface area contributed by atoms with Crippen molar-refractivity contribution in [1.29, 1.82) is 0 Å². The average Bonchev–Trinajstić information content (AvgIpc) is 2.67.